The number of hydrogen-bond donors (Lipinski definition) is 2. The van der Waals surface area contributed by atoms with Crippen molar-refractivity contribution in [1.82, 2.24) is 20.5 Å². The molecule has 1 atom stereocenters. The lowest BCUT2D eigenvalue weighted by atomic mass is 10.1. The molecule has 0 aliphatic rings. The van der Waals surface area contributed by atoms with E-state index in [1.54, 1.807) is 13.3 Å². The first-order valence-corrected chi connectivity index (χ1v) is 10.9. The van der Waals surface area contributed by atoms with Crippen LogP contribution < -0.4 is 10.6 Å². The van der Waals surface area contributed by atoms with Gasteiger partial charge in [0, 0.05) is 25.2 Å². The third kappa shape index (κ3) is 5.99. The molecule has 0 fully saturated rings. The van der Waals surface area contributed by atoms with Gasteiger partial charge in [0.25, 0.3) is 0 Å². The van der Waals surface area contributed by atoms with Gasteiger partial charge < -0.3 is 15.4 Å². The summed E-state index contributed by atoms with van der Waals surface area (Å²) in [5, 5.41) is 17.8. The highest BCUT2D eigenvalue weighted by atomic mass is 32.2. The lowest BCUT2D eigenvalue weighted by Gasteiger charge is -2.16. The quantitative estimate of drug-likeness (QED) is 0.384. The average molecular weight is 422 g/mol. The van der Waals surface area contributed by atoms with E-state index in [2.05, 4.69) is 25.8 Å². The Morgan fingerprint density at radius 2 is 2.15 bits per heavy atom. The summed E-state index contributed by atoms with van der Waals surface area (Å²) < 4.78 is 5.73. The average Bonchev–Trinajstić information content (AvgIpc) is 3.38. The largest absolute Gasteiger partial charge is 0.383 e. The summed E-state index contributed by atoms with van der Waals surface area (Å²) in [7, 11) is 1.65. The van der Waals surface area contributed by atoms with Gasteiger partial charge in [-0.2, -0.15) is 0 Å². The number of ether oxygens (including phenoxy) is 1. The van der Waals surface area contributed by atoms with Crippen molar-refractivity contribution >= 4 is 45.5 Å². The number of anilines is 1. The van der Waals surface area contributed by atoms with Gasteiger partial charge in [-0.25, -0.2) is 4.98 Å². The number of nitrogens with zero attached hydrogens (tertiary/aromatic N) is 3. The second kappa shape index (κ2) is 10.4. The SMILES string of the molecule is COCCNc1nnc(SCC(=O)NC(c2ccccc2)c2nccs2)s1. The summed E-state index contributed by atoms with van der Waals surface area (Å²) in [6.07, 6.45) is 1.75. The fraction of sp³-hybridized carbons (Fsp3) is 0.294. The van der Waals surface area contributed by atoms with Crippen LogP contribution in [0.15, 0.2) is 46.2 Å². The van der Waals surface area contributed by atoms with Gasteiger partial charge >= 0.3 is 0 Å². The van der Waals surface area contributed by atoms with Crippen LogP contribution in [0.3, 0.4) is 0 Å². The van der Waals surface area contributed by atoms with E-state index in [9.17, 15) is 4.79 Å². The van der Waals surface area contributed by atoms with Gasteiger partial charge in [0.2, 0.25) is 11.0 Å². The highest BCUT2D eigenvalue weighted by Crippen LogP contribution is 2.27. The molecule has 0 saturated carbocycles. The van der Waals surface area contributed by atoms with E-state index in [0.717, 1.165) is 20.0 Å². The third-order valence-corrected chi connectivity index (χ3v) is 6.31. The van der Waals surface area contributed by atoms with E-state index in [-0.39, 0.29) is 17.7 Å². The summed E-state index contributed by atoms with van der Waals surface area (Å²) in [6.45, 7) is 1.27. The zero-order chi connectivity index (χ0) is 18.9. The van der Waals surface area contributed by atoms with E-state index in [1.807, 2.05) is 35.7 Å². The summed E-state index contributed by atoms with van der Waals surface area (Å²) in [6, 6.07) is 9.59. The van der Waals surface area contributed by atoms with Crippen LogP contribution in [-0.2, 0) is 9.53 Å². The summed E-state index contributed by atoms with van der Waals surface area (Å²) in [4.78, 5) is 16.8. The van der Waals surface area contributed by atoms with E-state index >= 15 is 0 Å². The number of rotatable bonds is 10. The smallest absolute Gasteiger partial charge is 0.231 e. The van der Waals surface area contributed by atoms with Crippen LogP contribution in [0, 0.1) is 0 Å². The first-order valence-electron chi connectivity index (χ1n) is 8.19. The van der Waals surface area contributed by atoms with E-state index in [0.29, 0.717) is 13.2 Å². The lowest BCUT2D eigenvalue weighted by Crippen LogP contribution is -2.30. The van der Waals surface area contributed by atoms with Gasteiger partial charge in [0.15, 0.2) is 4.34 Å². The van der Waals surface area contributed by atoms with Gasteiger partial charge in [-0.15, -0.1) is 21.5 Å². The van der Waals surface area contributed by atoms with Crippen LogP contribution >= 0.6 is 34.4 Å². The Hall–Kier alpha value is -2.01. The van der Waals surface area contributed by atoms with Crippen LogP contribution in [0.5, 0.6) is 0 Å². The molecule has 2 aromatic heterocycles. The third-order valence-electron chi connectivity index (χ3n) is 3.45. The van der Waals surface area contributed by atoms with Crippen LogP contribution in [0.25, 0.3) is 0 Å². The molecule has 27 heavy (non-hydrogen) atoms. The molecule has 1 unspecified atom stereocenters. The van der Waals surface area contributed by atoms with Crippen molar-refractivity contribution in [2.45, 2.75) is 10.4 Å². The van der Waals surface area contributed by atoms with Gasteiger partial charge in [-0.3, -0.25) is 4.79 Å². The fourth-order valence-corrected chi connectivity index (χ4v) is 4.54. The monoisotopic (exact) mass is 421 g/mol. The Bertz CT molecular complexity index is 826. The molecule has 0 radical (unpaired) electrons. The Balaban J connectivity index is 1.56. The maximum atomic E-state index is 12.5. The Morgan fingerprint density at radius 1 is 1.30 bits per heavy atom. The molecule has 2 N–H and O–H groups in total. The Morgan fingerprint density at radius 3 is 2.89 bits per heavy atom. The predicted octanol–water partition coefficient (Wildman–Crippen LogP) is 3.05. The van der Waals surface area contributed by atoms with Crippen LogP contribution in [0.4, 0.5) is 5.13 Å². The van der Waals surface area contributed by atoms with Crippen molar-refractivity contribution in [3.05, 3.63) is 52.5 Å². The maximum absolute atomic E-state index is 12.5. The maximum Gasteiger partial charge on any atom is 0.231 e. The zero-order valence-corrected chi connectivity index (χ0v) is 17.1. The number of benzene rings is 1. The van der Waals surface area contributed by atoms with Crippen molar-refractivity contribution in [3.63, 3.8) is 0 Å². The normalized spacial score (nSPS) is 11.9. The summed E-state index contributed by atoms with van der Waals surface area (Å²) in [5.74, 6) is 0.189. The number of carbonyl (C=O) groups is 1. The van der Waals surface area contributed by atoms with Crippen molar-refractivity contribution in [1.29, 1.82) is 0 Å². The second-order valence-electron chi connectivity index (χ2n) is 5.36. The highest BCUT2D eigenvalue weighted by Gasteiger charge is 2.19. The van der Waals surface area contributed by atoms with Crippen molar-refractivity contribution in [2.24, 2.45) is 0 Å². The molecule has 3 rings (SSSR count). The van der Waals surface area contributed by atoms with Crippen LogP contribution in [0.1, 0.15) is 16.6 Å². The molecule has 2 heterocycles. The molecule has 10 heteroatoms. The van der Waals surface area contributed by atoms with Gasteiger partial charge in [-0.05, 0) is 5.56 Å². The lowest BCUT2D eigenvalue weighted by molar-refractivity contribution is -0.119. The number of thiazole rings is 1. The predicted molar refractivity (Wildman–Crippen MR) is 110 cm³/mol. The summed E-state index contributed by atoms with van der Waals surface area (Å²) in [5.41, 5.74) is 1.01. The van der Waals surface area contributed by atoms with E-state index in [1.165, 1.54) is 34.4 Å². The second-order valence-corrected chi connectivity index (χ2v) is 8.49. The number of hydrogen-bond acceptors (Lipinski definition) is 9. The number of carbonyl (C=O) groups excluding carboxylic acids is 1. The molecule has 142 valence electrons. The van der Waals surface area contributed by atoms with E-state index in [4.69, 9.17) is 4.74 Å². The molecule has 0 bridgehead atoms. The number of methoxy groups -OCH3 is 1. The fourth-order valence-electron chi connectivity index (χ4n) is 2.24. The molecule has 3 aromatic rings. The minimum absolute atomic E-state index is 0.0758. The number of aromatic nitrogens is 3. The van der Waals surface area contributed by atoms with Gasteiger partial charge in [-0.1, -0.05) is 53.4 Å². The Kier molecular flexibility index (Phi) is 7.57. The van der Waals surface area contributed by atoms with Crippen molar-refractivity contribution in [3.8, 4) is 0 Å². The molecule has 0 spiro atoms. The molecule has 1 aromatic carbocycles. The van der Waals surface area contributed by atoms with Crippen molar-refractivity contribution < 1.29 is 9.53 Å². The zero-order valence-electron chi connectivity index (χ0n) is 14.6. The first kappa shape index (κ1) is 19.7. The van der Waals surface area contributed by atoms with Crippen LogP contribution in [0.2, 0.25) is 0 Å². The molecule has 0 saturated heterocycles. The summed E-state index contributed by atoms with van der Waals surface area (Å²) >= 11 is 4.31. The molecule has 0 aliphatic heterocycles. The molecular formula is C17H19N5O2S3. The number of thioether (sulfide) groups is 1. The number of nitrogens with one attached hydrogen (secondary N) is 2. The standard InChI is InChI=1S/C17H19N5O2S3/c1-24-9-7-19-16-21-22-17(27-16)26-11-13(23)20-14(15-18-8-10-25-15)12-5-3-2-4-6-12/h2-6,8,10,14H,7,9,11H2,1H3,(H,19,21)(H,20,23). The topological polar surface area (TPSA) is 89.0 Å². The molecule has 0 aliphatic carbocycles. The van der Waals surface area contributed by atoms with Crippen molar-refractivity contribution in [2.75, 3.05) is 31.3 Å². The van der Waals surface area contributed by atoms with Gasteiger partial charge in [0.1, 0.15) is 11.0 Å². The van der Waals surface area contributed by atoms with Gasteiger partial charge in [0.05, 0.1) is 12.4 Å². The van der Waals surface area contributed by atoms with Crippen LogP contribution in [-0.4, -0.2) is 47.1 Å². The molecule has 7 nitrogen and oxygen atoms in total. The molecular weight excluding hydrogens is 402 g/mol. The molecule has 1 amide bonds. The Labute approximate surface area is 169 Å². The minimum Gasteiger partial charge on any atom is -0.383 e. The number of amides is 1. The highest BCUT2D eigenvalue weighted by molar-refractivity contribution is 8.01. The first-order chi connectivity index (χ1) is 13.3. The van der Waals surface area contributed by atoms with E-state index < -0.39 is 0 Å². The minimum atomic E-state index is -0.250.